The van der Waals surface area contributed by atoms with Gasteiger partial charge in [-0.3, -0.25) is 4.90 Å². The quantitative estimate of drug-likeness (QED) is 0.828. The molecule has 1 aromatic rings. The first-order chi connectivity index (χ1) is 6.99. The average molecular weight is 263 g/mol. The van der Waals surface area contributed by atoms with Gasteiger partial charge in [-0.2, -0.15) is 0 Å². The third kappa shape index (κ3) is 4.47. The largest absolute Gasteiger partial charge is 0.393 e. The first-order valence-electron chi connectivity index (χ1n) is 4.72. The number of halogens is 1. The lowest BCUT2D eigenvalue weighted by atomic mass is 10.2. The van der Waals surface area contributed by atoms with Crippen molar-refractivity contribution < 1.29 is 0 Å². The van der Waals surface area contributed by atoms with E-state index in [1.54, 1.807) is 11.3 Å². The Labute approximate surface area is 105 Å². The van der Waals surface area contributed by atoms with Crippen molar-refractivity contribution in [3.05, 3.63) is 21.3 Å². The van der Waals surface area contributed by atoms with Gasteiger partial charge in [0.2, 0.25) is 0 Å². The lowest BCUT2D eigenvalue weighted by molar-refractivity contribution is 0.257. The molecule has 1 aromatic heterocycles. The molecule has 1 atom stereocenters. The number of rotatable bonds is 5. The molecule has 5 heteroatoms. The van der Waals surface area contributed by atoms with Crippen LogP contribution in [0.2, 0.25) is 4.34 Å². The minimum Gasteiger partial charge on any atom is -0.393 e. The van der Waals surface area contributed by atoms with Gasteiger partial charge < -0.3 is 5.73 Å². The number of nitrogens with zero attached hydrogens (tertiary/aromatic N) is 1. The molecule has 0 saturated carbocycles. The minimum atomic E-state index is 0.364. The lowest BCUT2D eigenvalue weighted by Gasteiger charge is -2.23. The van der Waals surface area contributed by atoms with Crippen molar-refractivity contribution in [1.29, 1.82) is 0 Å². The number of hydrogen-bond donors (Lipinski definition) is 1. The van der Waals surface area contributed by atoms with E-state index in [0.29, 0.717) is 11.0 Å². The van der Waals surface area contributed by atoms with Crippen molar-refractivity contribution in [3.8, 4) is 0 Å². The summed E-state index contributed by atoms with van der Waals surface area (Å²) in [5.41, 5.74) is 5.51. The van der Waals surface area contributed by atoms with Crippen molar-refractivity contribution in [2.75, 3.05) is 7.05 Å². The van der Waals surface area contributed by atoms with Crippen LogP contribution in [0.25, 0.3) is 0 Å². The zero-order chi connectivity index (χ0) is 11.4. The van der Waals surface area contributed by atoms with E-state index in [2.05, 4.69) is 24.9 Å². The van der Waals surface area contributed by atoms with Crippen LogP contribution in [0.5, 0.6) is 0 Å². The van der Waals surface area contributed by atoms with Gasteiger partial charge in [0, 0.05) is 23.9 Å². The van der Waals surface area contributed by atoms with Gasteiger partial charge in [0.15, 0.2) is 0 Å². The summed E-state index contributed by atoms with van der Waals surface area (Å²) in [5.74, 6) is 0. The number of hydrogen-bond acceptors (Lipinski definition) is 3. The van der Waals surface area contributed by atoms with E-state index in [9.17, 15) is 0 Å². The van der Waals surface area contributed by atoms with E-state index >= 15 is 0 Å². The lowest BCUT2D eigenvalue weighted by Crippen LogP contribution is -2.31. The van der Waals surface area contributed by atoms with Crippen molar-refractivity contribution >= 4 is 40.1 Å². The van der Waals surface area contributed by atoms with E-state index in [1.165, 1.54) is 4.88 Å². The number of thiophene rings is 1. The highest BCUT2D eigenvalue weighted by Crippen LogP contribution is 2.23. The zero-order valence-corrected chi connectivity index (χ0v) is 11.3. The smallest absolute Gasteiger partial charge is 0.0931 e. The highest BCUT2D eigenvalue weighted by Gasteiger charge is 2.11. The van der Waals surface area contributed by atoms with Crippen molar-refractivity contribution in [3.63, 3.8) is 0 Å². The summed E-state index contributed by atoms with van der Waals surface area (Å²) in [6.07, 6.45) is 0.755. The summed E-state index contributed by atoms with van der Waals surface area (Å²) < 4.78 is 0.834. The molecule has 1 unspecified atom stereocenters. The molecule has 0 saturated heterocycles. The Hall–Kier alpha value is -0.160. The van der Waals surface area contributed by atoms with Crippen LogP contribution in [-0.4, -0.2) is 23.0 Å². The molecular formula is C10H15ClN2S2. The highest BCUT2D eigenvalue weighted by atomic mass is 35.5. The Morgan fingerprint density at radius 3 is 2.80 bits per heavy atom. The SMILES string of the molecule is CC(CC(N)=S)N(C)Cc1ccc(Cl)s1. The van der Waals surface area contributed by atoms with Crippen molar-refractivity contribution in [2.24, 2.45) is 5.73 Å². The summed E-state index contributed by atoms with van der Waals surface area (Å²) in [6, 6.07) is 4.34. The second-order valence-corrected chi connectivity index (χ2v) is 5.96. The van der Waals surface area contributed by atoms with Crippen LogP contribution in [0.4, 0.5) is 0 Å². The van der Waals surface area contributed by atoms with Gasteiger partial charge in [-0.1, -0.05) is 23.8 Å². The summed E-state index contributed by atoms with van der Waals surface area (Å²) in [5, 5.41) is 0. The van der Waals surface area contributed by atoms with E-state index in [1.807, 2.05) is 6.07 Å². The fourth-order valence-corrected chi connectivity index (χ4v) is 2.68. The fraction of sp³-hybridized carbons (Fsp3) is 0.500. The molecule has 0 amide bonds. The average Bonchev–Trinajstić information content (AvgIpc) is 2.50. The van der Waals surface area contributed by atoms with E-state index in [4.69, 9.17) is 29.6 Å². The molecule has 0 aliphatic carbocycles. The summed E-state index contributed by atoms with van der Waals surface area (Å²) in [4.78, 5) is 4.05. The van der Waals surface area contributed by atoms with Gasteiger partial charge in [-0.15, -0.1) is 11.3 Å². The number of thiocarbonyl (C=S) groups is 1. The maximum absolute atomic E-state index is 5.87. The highest BCUT2D eigenvalue weighted by molar-refractivity contribution is 7.80. The zero-order valence-electron chi connectivity index (χ0n) is 8.87. The van der Waals surface area contributed by atoms with Crippen LogP contribution in [0.3, 0.4) is 0 Å². The first kappa shape index (κ1) is 12.9. The summed E-state index contributed by atoms with van der Waals surface area (Å²) >= 11 is 12.4. The van der Waals surface area contributed by atoms with E-state index in [0.717, 1.165) is 17.3 Å². The molecular weight excluding hydrogens is 248 g/mol. The molecule has 1 heterocycles. The molecule has 84 valence electrons. The van der Waals surface area contributed by atoms with Crippen LogP contribution in [-0.2, 0) is 6.54 Å². The normalized spacial score (nSPS) is 13.1. The molecule has 2 nitrogen and oxygen atoms in total. The van der Waals surface area contributed by atoms with Crippen LogP contribution < -0.4 is 5.73 Å². The van der Waals surface area contributed by atoms with Crippen LogP contribution >= 0.6 is 35.2 Å². The van der Waals surface area contributed by atoms with Gasteiger partial charge in [-0.25, -0.2) is 0 Å². The van der Waals surface area contributed by atoms with E-state index in [-0.39, 0.29) is 0 Å². The topological polar surface area (TPSA) is 29.3 Å². The second-order valence-electron chi connectivity index (χ2n) is 3.64. The van der Waals surface area contributed by atoms with E-state index < -0.39 is 0 Å². The van der Waals surface area contributed by atoms with Gasteiger partial charge in [0.25, 0.3) is 0 Å². The van der Waals surface area contributed by atoms with Gasteiger partial charge in [-0.05, 0) is 26.1 Å². The Morgan fingerprint density at radius 1 is 1.67 bits per heavy atom. The van der Waals surface area contributed by atoms with Gasteiger partial charge >= 0.3 is 0 Å². The molecule has 0 aliphatic heterocycles. The standard InChI is InChI=1S/C10H15ClN2S2/c1-7(5-10(12)14)13(2)6-8-3-4-9(11)15-8/h3-4,7H,5-6H2,1-2H3,(H2,12,14). The third-order valence-electron chi connectivity index (χ3n) is 2.28. The fourth-order valence-electron chi connectivity index (χ4n) is 1.29. The monoisotopic (exact) mass is 262 g/mol. The van der Waals surface area contributed by atoms with Crippen LogP contribution in [0, 0.1) is 0 Å². The Morgan fingerprint density at radius 2 is 2.33 bits per heavy atom. The van der Waals surface area contributed by atoms with Gasteiger partial charge in [0.1, 0.15) is 0 Å². The maximum Gasteiger partial charge on any atom is 0.0931 e. The molecule has 2 N–H and O–H groups in total. The third-order valence-corrected chi connectivity index (χ3v) is 3.67. The Bertz CT molecular complexity index is 338. The Balaban J connectivity index is 2.47. The molecule has 1 rings (SSSR count). The molecule has 0 aromatic carbocycles. The van der Waals surface area contributed by atoms with Crippen molar-refractivity contribution in [2.45, 2.75) is 25.9 Å². The molecule has 0 fully saturated rings. The predicted molar refractivity (Wildman–Crippen MR) is 71.7 cm³/mol. The van der Waals surface area contributed by atoms with Crippen LogP contribution in [0.1, 0.15) is 18.2 Å². The molecule has 0 aliphatic rings. The van der Waals surface area contributed by atoms with Crippen molar-refractivity contribution in [1.82, 2.24) is 4.90 Å². The molecule has 15 heavy (non-hydrogen) atoms. The Kier molecular flexibility index (Phi) is 4.99. The maximum atomic E-state index is 5.87. The van der Waals surface area contributed by atoms with Gasteiger partial charge in [0.05, 0.1) is 9.32 Å². The molecule has 0 spiro atoms. The number of nitrogens with two attached hydrogens (primary N) is 1. The second kappa shape index (κ2) is 5.80. The first-order valence-corrected chi connectivity index (χ1v) is 6.32. The predicted octanol–water partition coefficient (Wildman–Crippen LogP) is 2.90. The summed E-state index contributed by atoms with van der Waals surface area (Å²) in [7, 11) is 2.07. The van der Waals surface area contributed by atoms with Crippen LogP contribution in [0.15, 0.2) is 12.1 Å². The summed E-state index contributed by atoms with van der Waals surface area (Å²) in [6.45, 7) is 3.01. The molecule has 0 radical (unpaired) electrons. The minimum absolute atomic E-state index is 0.364. The molecule has 0 bridgehead atoms.